The molecule has 0 unspecified atom stereocenters. The van der Waals surface area contributed by atoms with Crippen LogP contribution < -0.4 is 15.4 Å². The van der Waals surface area contributed by atoms with E-state index in [0.29, 0.717) is 28.3 Å². The number of benzene rings is 1. The van der Waals surface area contributed by atoms with Gasteiger partial charge in [-0.25, -0.2) is 13.9 Å². The number of ether oxygens (including phenoxy) is 1. The predicted molar refractivity (Wildman–Crippen MR) is 101 cm³/mol. The normalized spacial score (nSPS) is 24.2. The van der Waals surface area contributed by atoms with Crippen molar-refractivity contribution in [3.05, 3.63) is 53.6 Å². The van der Waals surface area contributed by atoms with Crippen molar-refractivity contribution in [2.45, 2.75) is 44.4 Å². The standard InChI is InChI=1S/C20H20FN5O2/c1-11-13-9-12(21)5-6-16(13)28-17-4-2-3-15(17)24-20(27)14-10-22-26-8-7-18(23-11)25-19(14)26/h5-11,15,17H,2-4H2,1H3,(H,23,25)(H,24,27)/t11-,15-,17+/m1/s1. The SMILES string of the molecule is C[C@H]1Nc2ccn3ncc(c3n2)C(=O)N[C@@H]2CCC[C@@H]2Oc2ccc(F)cc21. The van der Waals surface area contributed by atoms with Crippen LogP contribution in [0.25, 0.3) is 5.65 Å². The molecule has 2 N–H and O–H groups in total. The number of hydrogen-bond acceptors (Lipinski definition) is 5. The van der Waals surface area contributed by atoms with E-state index in [2.05, 4.69) is 20.7 Å². The molecule has 1 saturated carbocycles. The van der Waals surface area contributed by atoms with Crippen molar-refractivity contribution in [3.8, 4) is 5.75 Å². The van der Waals surface area contributed by atoms with Crippen molar-refractivity contribution in [2.24, 2.45) is 0 Å². The van der Waals surface area contributed by atoms with E-state index in [1.807, 2.05) is 6.92 Å². The van der Waals surface area contributed by atoms with Gasteiger partial charge in [-0.1, -0.05) is 0 Å². The summed E-state index contributed by atoms with van der Waals surface area (Å²) in [5.74, 6) is 0.657. The Labute approximate surface area is 160 Å². The van der Waals surface area contributed by atoms with Crippen molar-refractivity contribution in [1.82, 2.24) is 19.9 Å². The molecular weight excluding hydrogens is 361 g/mol. The van der Waals surface area contributed by atoms with E-state index in [1.165, 1.54) is 18.3 Å². The van der Waals surface area contributed by atoms with Gasteiger partial charge in [-0.3, -0.25) is 4.79 Å². The third-order valence-corrected chi connectivity index (χ3v) is 5.46. The van der Waals surface area contributed by atoms with Crippen LogP contribution in [0.15, 0.2) is 36.7 Å². The van der Waals surface area contributed by atoms with E-state index in [9.17, 15) is 9.18 Å². The average molecular weight is 381 g/mol. The van der Waals surface area contributed by atoms with Gasteiger partial charge in [-0.15, -0.1) is 0 Å². The minimum Gasteiger partial charge on any atom is -0.488 e. The van der Waals surface area contributed by atoms with Crippen LogP contribution in [-0.4, -0.2) is 32.7 Å². The molecule has 5 rings (SSSR count). The molecule has 3 atom stereocenters. The van der Waals surface area contributed by atoms with Crippen LogP contribution in [0.5, 0.6) is 5.75 Å². The minimum absolute atomic E-state index is 0.118. The Kier molecular flexibility index (Phi) is 3.92. The summed E-state index contributed by atoms with van der Waals surface area (Å²) >= 11 is 0. The van der Waals surface area contributed by atoms with Gasteiger partial charge in [-0.2, -0.15) is 5.10 Å². The first kappa shape index (κ1) is 17.0. The molecule has 3 aromatic rings. The van der Waals surface area contributed by atoms with Crippen LogP contribution in [-0.2, 0) is 0 Å². The first-order valence-corrected chi connectivity index (χ1v) is 9.46. The highest BCUT2D eigenvalue weighted by atomic mass is 19.1. The van der Waals surface area contributed by atoms with Crippen molar-refractivity contribution >= 4 is 17.4 Å². The smallest absolute Gasteiger partial charge is 0.257 e. The number of carbonyl (C=O) groups excluding carboxylic acids is 1. The summed E-state index contributed by atoms with van der Waals surface area (Å²) in [6, 6.07) is 5.95. The maximum atomic E-state index is 14.0. The Morgan fingerprint density at radius 1 is 1.25 bits per heavy atom. The molecule has 7 nitrogen and oxygen atoms in total. The van der Waals surface area contributed by atoms with E-state index >= 15 is 0 Å². The first-order valence-electron chi connectivity index (χ1n) is 9.46. The Hall–Kier alpha value is -3.16. The lowest BCUT2D eigenvalue weighted by Gasteiger charge is -2.25. The largest absolute Gasteiger partial charge is 0.488 e. The van der Waals surface area contributed by atoms with Crippen molar-refractivity contribution in [2.75, 3.05) is 5.32 Å². The van der Waals surface area contributed by atoms with Crippen molar-refractivity contribution < 1.29 is 13.9 Å². The highest BCUT2D eigenvalue weighted by molar-refractivity contribution is 6.00. The second-order valence-electron chi connectivity index (χ2n) is 7.35. The summed E-state index contributed by atoms with van der Waals surface area (Å²) in [5.41, 5.74) is 1.61. The highest BCUT2D eigenvalue weighted by Crippen LogP contribution is 2.33. The highest BCUT2D eigenvalue weighted by Gasteiger charge is 2.32. The van der Waals surface area contributed by atoms with Crippen LogP contribution in [0, 0.1) is 5.82 Å². The summed E-state index contributed by atoms with van der Waals surface area (Å²) in [4.78, 5) is 17.4. The van der Waals surface area contributed by atoms with Gasteiger partial charge in [0.1, 0.15) is 29.1 Å². The van der Waals surface area contributed by atoms with E-state index in [4.69, 9.17) is 4.74 Å². The Balaban J connectivity index is 1.64. The molecule has 28 heavy (non-hydrogen) atoms. The van der Waals surface area contributed by atoms with Crippen LogP contribution >= 0.6 is 0 Å². The Morgan fingerprint density at radius 3 is 3.04 bits per heavy atom. The minimum atomic E-state index is -0.321. The van der Waals surface area contributed by atoms with Crippen LogP contribution in [0.1, 0.15) is 48.1 Å². The zero-order valence-corrected chi connectivity index (χ0v) is 15.4. The monoisotopic (exact) mass is 381 g/mol. The van der Waals surface area contributed by atoms with Gasteiger partial charge in [0.05, 0.1) is 18.3 Å². The van der Waals surface area contributed by atoms with E-state index in [-0.39, 0.29) is 29.9 Å². The molecule has 1 aliphatic heterocycles. The number of halogens is 1. The maximum Gasteiger partial charge on any atom is 0.257 e. The van der Waals surface area contributed by atoms with E-state index < -0.39 is 0 Å². The molecule has 1 amide bonds. The molecule has 0 radical (unpaired) electrons. The molecular formula is C20H20FN5O2. The molecule has 0 spiro atoms. The van der Waals surface area contributed by atoms with Crippen molar-refractivity contribution in [3.63, 3.8) is 0 Å². The fraction of sp³-hybridized carbons (Fsp3) is 0.350. The van der Waals surface area contributed by atoms with Gasteiger partial charge in [-0.05, 0) is 50.5 Å². The van der Waals surface area contributed by atoms with Crippen LogP contribution in [0.2, 0.25) is 0 Å². The molecule has 3 heterocycles. The quantitative estimate of drug-likeness (QED) is 0.626. The Bertz CT molecular complexity index is 1070. The maximum absolute atomic E-state index is 14.0. The fourth-order valence-corrected chi connectivity index (χ4v) is 4.02. The fourth-order valence-electron chi connectivity index (χ4n) is 4.02. The summed E-state index contributed by atoms with van der Waals surface area (Å²) < 4.78 is 21.8. The van der Waals surface area contributed by atoms with Gasteiger partial charge < -0.3 is 15.4 Å². The molecule has 1 fully saturated rings. The van der Waals surface area contributed by atoms with Gasteiger partial charge in [0.2, 0.25) is 0 Å². The number of nitrogens with zero attached hydrogens (tertiary/aromatic N) is 3. The molecule has 2 bridgehead atoms. The number of carbonyl (C=O) groups is 1. The third-order valence-electron chi connectivity index (χ3n) is 5.46. The number of aromatic nitrogens is 3. The molecule has 1 aromatic carbocycles. The molecule has 0 saturated heterocycles. The zero-order valence-electron chi connectivity index (χ0n) is 15.4. The van der Waals surface area contributed by atoms with Gasteiger partial charge in [0, 0.05) is 11.8 Å². The van der Waals surface area contributed by atoms with Crippen molar-refractivity contribution in [1.29, 1.82) is 0 Å². The number of anilines is 1. The number of rotatable bonds is 0. The van der Waals surface area contributed by atoms with Gasteiger partial charge in [0.15, 0.2) is 5.65 Å². The first-order chi connectivity index (χ1) is 13.6. The molecule has 144 valence electrons. The van der Waals surface area contributed by atoms with E-state index in [1.54, 1.807) is 22.8 Å². The molecule has 2 aliphatic rings. The summed E-state index contributed by atoms with van der Waals surface area (Å²) in [5, 5.41) is 10.6. The number of amides is 1. The molecule has 2 aromatic heterocycles. The molecule has 1 aliphatic carbocycles. The summed E-state index contributed by atoms with van der Waals surface area (Å²) in [6.45, 7) is 1.93. The van der Waals surface area contributed by atoms with Crippen LogP contribution in [0.3, 0.4) is 0 Å². The van der Waals surface area contributed by atoms with Gasteiger partial charge in [0.25, 0.3) is 5.91 Å². The lowest BCUT2D eigenvalue weighted by molar-refractivity contribution is 0.0894. The van der Waals surface area contributed by atoms with E-state index in [0.717, 1.165) is 19.3 Å². The second-order valence-corrected chi connectivity index (χ2v) is 7.35. The van der Waals surface area contributed by atoms with Crippen LogP contribution in [0.4, 0.5) is 10.2 Å². The lowest BCUT2D eigenvalue weighted by atomic mass is 10.1. The summed E-state index contributed by atoms with van der Waals surface area (Å²) in [6.07, 6.45) is 5.73. The number of fused-ring (bicyclic) bond motifs is 3. The number of hydrogen-bond donors (Lipinski definition) is 2. The lowest BCUT2D eigenvalue weighted by Crippen LogP contribution is -2.42. The summed E-state index contributed by atoms with van der Waals surface area (Å²) in [7, 11) is 0. The predicted octanol–water partition coefficient (Wildman–Crippen LogP) is 3.08. The Morgan fingerprint density at radius 2 is 2.14 bits per heavy atom. The average Bonchev–Trinajstić information content (AvgIpc) is 3.29. The second kappa shape index (κ2) is 6.47. The van der Waals surface area contributed by atoms with Gasteiger partial charge >= 0.3 is 0 Å². The number of nitrogens with one attached hydrogen (secondary N) is 2. The molecule has 8 heteroatoms. The third kappa shape index (κ3) is 2.85. The topological polar surface area (TPSA) is 80.5 Å². The zero-order chi connectivity index (χ0) is 19.3.